The molecule has 30 heavy (non-hydrogen) atoms. The molecule has 156 valence electrons. The van der Waals surface area contributed by atoms with Crippen molar-refractivity contribution in [3.63, 3.8) is 0 Å². The number of fused-ring (bicyclic) bond motifs is 3. The highest BCUT2D eigenvalue weighted by Gasteiger charge is 2.56. The Morgan fingerprint density at radius 2 is 1.80 bits per heavy atom. The molecule has 1 aliphatic carbocycles. The van der Waals surface area contributed by atoms with E-state index >= 15 is 0 Å². The van der Waals surface area contributed by atoms with Crippen molar-refractivity contribution in [2.45, 2.75) is 50.1 Å². The minimum atomic E-state index is -0.210. The topological polar surface area (TPSA) is 73.7 Å². The molecule has 2 aliphatic heterocycles. The largest absolute Gasteiger partial charge is 0.394 e. The highest BCUT2D eigenvalue weighted by atomic mass is 16.3. The third kappa shape index (κ3) is 3.01. The van der Waals surface area contributed by atoms with E-state index in [4.69, 9.17) is 0 Å². The number of amides is 2. The van der Waals surface area contributed by atoms with Crippen molar-refractivity contribution in [3.8, 4) is 0 Å². The number of hydrogen-bond acceptors (Lipinski definition) is 4. The van der Waals surface area contributed by atoms with Crippen LogP contribution in [0.4, 0.5) is 5.69 Å². The normalized spacial score (nSPS) is 25.8. The highest BCUT2D eigenvalue weighted by Crippen LogP contribution is 2.49. The SMILES string of the molecule is O=C(c1ccccn1)N1C[C@H]2[C@@H](c3ccccc31)[C@@H](CO)N2C(=O)C1CCCCC1. The van der Waals surface area contributed by atoms with Gasteiger partial charge in [-0.3, -0.25) is 14.6 Å². The Kier molecular flexibility index (Phi) is 5.03. The van der Waals surface area contributed by atoms with Gasteiger partial charge in [-0.15, -0.1) is 0 Å². The molecule has 2 fully saturated rings. The Morgan fingerprint density at radius 3 is 2.53 bits per heavy atom. The lowest BCUT2D eigenvalue weighted by Crippen LogP contribution is -2.71. The molecule has 6 heteroatoms. The Balaban J connectivity index is 1.49. The van der Waals surface area contributed by atoms with Gasteiger partial charge in [0.1, 0.15) is 5.69 Å². The van der Waals surface area contributed by atoms with Gasteiger partial charge in [0, 0.05) is 30.3 Å². The molecule has 1 aromatic carbocycles. The number of likely N-dealkylation sites (tertiary alicyclic amines) is 1. The standard InChI is InChI=1S/C24H27N3O3/c28-15-21-22-17-10-4-5-12-19(17)26(24(30)18-11-6-7-13-25-18)14-20(22)27(21)23(29)16-8-2-1-3-9-16/h4-7,10-13,16,20-22,28H,1-3,8-9,14-15H2/t20-,21+,22+/m0/s1. The number of para-hydroxylation sites is 1. The molecule has 1 saturated heterocycles. The number of carbonyl (C=O) groups is 2. The average Bonchev–Trinajstić information content (AvgIpc) is 2.80. The summed E-state index contributed by atoms with van der Waals surface area (Å²) >= 11 is 0. The molecule has 3 aliphatic rings. The van der Waals surface area contributed by atoms with Gasteiger partial charge in [-0.1, -0.05) is 43.5 Å². The van der Waals surface area contributed by atoms with Crippen LogP contribution in [0, 0.1) is 5.92 Å². The molecular formula is C24H27N3O3. The van der Waals surface area contributed by atoms with Crippen LogP contribution < -0.4 is 4.90 Å². The molecule has 0 bridgehead atoms. The zero-order valence-electron chi connectivity index (χ0n) is 17.0. The first-order valence-electron chi connectivity index (χ1n) is 11.0. The van der Waals surface area contributed by atoms with E-state index in [-0.39, 0.29) is 42.3 Å². The van der Waals surface area contributed by atoms with Crippen LogP contribution in [-0.4, -0.2) is 52.0 Å². The van der Waals surface area contributed by atoms with Gasteiger partial charge in [0.25, 0.3) is 5.91 Å². The first-order valence-corrected chi connectivity index (χ1v) is 11.0. The summed E-state index contributed by atoms with van der Waals surface area (Å²) in [5.41, 5.74) is 2.29. The summed E-state index contributed by atoms with van der Waals surface area (Å²) in [5.74, 6) is 0.107. The molecule has 0 radical (unpaired) electrons. The van der Waals surface area contributed by atoms with Gasteiger partial charge in [0.2, 0.25) is 5.91 Å². The number of carbonyl (C=O) groups excluding carboxylic acids is 2. The van der Waals surface area contributed by atoms with E-state index in [1.165, 1.54) is 6.42 Å². The molecule has 1 N–H and O–H groups in total. The molecule has 2 amide bonds. The molecule has 6 nitrogen and oxygen atoms in total. The maximum Gasteiger partial charge on any atom is 0.276 e. The lowest BCUT2D eigenvalue weighted by Gasteiger charge is -2.59. The van der Waals surface area contributed by atoms with Gasteiger partial charge < -0.3 is 14.9 Å². The fourth-order valence-electron chi connectivity index (χ4n) is 5.57. The summed E-state index contributed by atoms with van der Waals surface area (Å²) in [6.45, 7) is 0.383. The van der Waals surface area contributed by atoms with Gasteiger partial charge in [-0.25, -0.2) is 0 Å². The summed E-state index contributed by atoms with van der Waals surface area (Å²) in [6.07, 6.45) is 6.86. The van der Waals surface area contributed by atoms with Crippen molar-refractivity contribution in [1.29, 1.82) is 0 Å². The summed E-state index contributed by atoms with van der Waals surface area (Å²) in [4.78, 5) is 34.5. The van der Waals surface area contributed by atoms with E-state index in [0.717, 1.165) is 36.9 Å². The average molecular weight is 405 g/mol. The van der Waals surface area contributed by atoms with Crippen molar-refractivity contribution in [2.24, 2.45) is 5.92 Å². The van der Waals surface area contributed by atoms with Crippen LogP contribution in [0.5, 0.6) is 0 Å². The molecule has 5 rings (SSSR count). The van der Waals surface area contributed by atoms with Gasteiger partial charge in [0.05, 0.1) is 18.7 Å². The molecule has 0 spiro atoms. The number of benzene rings is 1. The molecule has 0 unspecified atom stereocenters. The second kappa shape index (κ2) is 7.84. The monoisotopic (exact) mass is 405 g/mol. The van der Waals surface area contributed by atoms with E-state index in [2.05, 4.69) is 4.98 Å². The molecule has 3 heterocycles. The lowest BCUT2D eigenvalue weighted by molar-refractivity contribution is -0.156. The number of anilines is 1. The number of aromatic nitrogens is 1. The van der Waals surface area contributed by atoms with Crippen molar-refractivity contribution in [2.75, 3.05) is 18.1 Å². The Morgan fingerprint density at radius 1 is 1.03 bits per heavy atom. The van der Waals surface area contributed by atoms with E-state index in [0.29, 0.717) is 12.2 Å². The minimum absolute atomic E-state index is 0.0471. The predicted molar refractivity (Wildman–Crippen MR) is 113 cm³/mol. The number of hydrogen-bond donors (Lipinski definition) is 1. The number of pyridine rings is 1. The van der Waals surface area contributed by atoms with Crippen LogP contribution in [0.2, 0.25) is 0 Å². The molecule has 3 atom stereocenters. The maximum atomic E-state index is 13.4. The van der Waals surface area contributed by atoms with Crippen molar-refractivity contribution >= 4 is 17.5 Å². The zero-order valence-corrected chi connectivity index (χ0v) is 17.0. The van der Waals surface area contributed by atoms with Crippen LogP contribution in [0.15, 0.2) is 48.7 Å². The number of nitrogens with zero attached hydrogens (tertiary/aromatic N) is 3. The first kappa shape index (κ1) is 19.2. The van der Waals surface area contributed by atoms with Crippen LogP contribution in [-0.2, 0) is 4.79 Å². The highest BCUT2D eigenvalue weighted by molar-refractivity contribution is 6.06. The summed E-state index contributed by atoms with van der Waals surface area (Å²) in [6, 6.07) is 12.9. The van der Waals surface area contributed by atoms with Crippen molar-refractivity contribution in [3.05, 3.63) is 59.9 Å². The van der Waals surface area contributed by atoms with Crippen LogP contribution >= 0.6 is 0 Å². The third-order valence-electron chi connectivity index (χ3n) is 7.03. The van der Waals surface area contributed by atoms with Gasteiger partial charge >= 0.3 is 0 Å². The van der Waals surface area contributed by atoms with Crippen molar-refractivity contribution in [1.82, 2.24) is 9.88 Å². The number of aliphatic hydroxyl groups is 1. The first-order chi connectivity index (χ1) is 14.7. The van der Waals surface area contributed by atoms with Crippen LogP contribution in [0.3, 0.4) is 0 Å². The quantitative estimate of drug-likeness (QED) is 0.852. The number of aliphatic hydroxyl groups excluding tert-OH is 1. The van der Waals surface area contributed by atoms with E-state index < -0.39 is 0 Å². The maximum absolute atomic E-state index is 13.4. The summed E-state index contributed by atoms with van der Waals surface area (Å²) < 4.78 is 0. The Bertz CT molecular complexity index is 942. The summed E-state index contributed by atoms with van der Waals surface area (Å²) in [7, 11) is 0. The van der Waals surface area contributed by atoms with Gasteiger partial charge in [-0.05, 0) is 36.6 Å². The Hall–Kier alpha value is -2.73. The molecule has 1 aromatic heterocycles. The Labute approximate surface area is 176 Å². The second-order valence-electron chi connectivity index (χ2n) is 8.61. The van der Waals surface area contributed by atoms with Crippen LogP contribution in [0.1, 0.15) is 54.1 Å². The molecule has 1 saturated carbocycles. The minimum Gasteiger partial charge on any atom is -0.394 e. The second-order valence-corrected chi connectivity index (χ2v) is 8.61. The zero-order chi connectivity index (χ0) is 20.7. The molecule has 2 aromatic rings. The van der Waals surface area contributed by atoms with E-state index in [1.807, 2.05) is 35.2 Å². The smallest absolute Gasteiger partial charge is 0.276 e. The fourth-order valence-corrected chi connectivity index (χ4v) is 5.57. The van der Waals surface area contributed by atoms with Gasteiger partial charge in [0.15, 0.2) is 0 Å². The predicted octanol–water partition coefficient (Wildman–Crippen LogP) is 2.98. The summed E-state index contributed by atoms with van der Waals surface area (Å²) in [5, 5.41) is 10.1. The van der Waals surface area contributed by atoms with E-state index in [1.54, 1.807) is 23.2 Å². The third-order valence-corrected chi connectivity index (χ3v) is 7.03. The number of rotatable bonds is 3. The van der Waals surface area contributed by atoms with Crippen LogP contribution in [0.25, 0.3) is 0 Å². The molecular weight excluding hydrogens is 378 g/mol. The van der Waals surface area contributed by atoms with E-state index in [9.17, 15) is 14.7 Å². The lowest BCUT2D eigenvalue weighted by atomic mass is 9.70. The van der Waals surface area contributed by atoms with Crippen molar-refractivity contribution < 1.29 is 14.7 Å². The van der Waals surface area contributed by atoms with Gasteiger partial charge in [-0.2, -0.15) is 0 Å². The fraction of sp³-hybridized carbons (Fsp3) is 0.458.